The first-order valence-electron chi connectivity index (χ1n) is 5.83. The number of hydrogen-bond donors (Lipinski definition) is 2. The third-order valence-corrected chi connectivity index (χ3v) is 3.10. The van der Waals surface area contributed by atoms with E-state index in [1.165, 1.54) is 0 Å². The second kappa shape index (κ2) is 5.79. The molecule has 0 atom stereocenters. The number of anilines is 1. The molecule has 0 saturated carbocycles. The molecule has 1 fully saturated rings. The van der Waals surface area contributed by atoms with Crippen molar-refractivity contribution in [3.8, 4) is 0 Å². The summed E-state index contributed by atoms with van der Waals surface area (Å²) >= 11 is 5.90. The standard InChI is InChI=1S/C12H14ClN3O3/c13-8-2-1-3-9(14)10(8)11(17)19-7-6-16-5-4-15-12(16)18/h1-3H,4-7,14H2,(H,15,18). The van der Waals surface area contributed by atoms with Gasteiger partial charge in [0, 0.05) is 18.8 Å². The van der Waals surface area contributed by atoms with E-state index in [1.54, 1.807) is 23.1 Å². The van der Waals surface area contributed by atoms with E-state index in [4.69, 9.17) is 22.1 Å². The molecule has 2 amide bonds. The van der Waals surface area contributed by atoms with Crippen molar-refractivity contribution in [3.05, 3.63) is 28.8 Å². The minimum absolute atomic E-state index is 0.108. The Kier molecular flexibility index (Phi) is 4.11. The molecule has 6 nitrogen and oxygen atoms in total. The summed E-state index contributed by atoms with van der Waals surface area (Å²) < 4.78 is 5.07. The van der Waals surface area contributed by atoms with Crippen molar-refractivity contribution in [1.29, 1.82) is 0 Å². The van der Waals surface area contributed by atoms with Gasteiger partial charge in [0.2, 0.25) is 0 Å². The van der Waals surface area contributed by atoms with E-state index in [0.29, 0.717) is 19.6 Å². The number of nitrogens with zero attached hydrogens (tertiary/aromatic N) is 1. The minimum atomic E-state index is -0.581. The van der Waals surface area contributed by atoms with Gasteiger partial charge in [-0.3, -0.25) is 0 Å². The summed E-state index contributed by atoms with van der Waals surface area (Å²) in [6, 6.07) is 4.66. The lowest BCUT2D eigenvalue weighted by Gasteiger charge is -2.14. The van der Waals surface area contributed by atoms with Crippen LogP contribution in [0.3, 0.4) is 0 Å². The van der Waals surface area contributed by atoms with E-state index >= 15 is 0 Å². The van der Waals surface area contributed by atoms with E-state index in [0.717, 1.165) is 0 Å². The van der Waals surface area contributed by atoms with Gasteiger partial charge >= 0.3 is 12.0 Å². The summed E-state index contributed by atoms with van der Waals surface area (Å²) in [6.07, 6.45) is 0. The first-order valence-corrected chi connectivity index (χ1v) is 6.21. The highest BCUT2D eigenvalue weighted by atomic mass is 35.5. The highest BCUT2D eigenvalue weighted by molar-refractivity contribution is 6.34. The number of urea groups is 1. The van der Waals surface area contributed by atoms with E-state index in [1.807, 2.05) is 0 Å². The van der Waals surface area contributed by atoms with Crippen LogP contribution in [0.15, 0.2) is 18.2 Å². The lowest BCUT2D eigenvalue weighted by molar-refractivity contribution is 0.0483. The predicted molar refractivity (Wildman–Crippen MR) is 71.1 cm³/mol. The molecule has 1 aromatic carbocycles. The maximum atomic E-state index is 11.8. The summed E-state index contributed by atoms with van der Waals surface area (Å²) in [7, 11) is 0. The fourth-order valence-electron chi connectivity index (χ4n) is 1.80. The van der Waals surface area contributed by atoms with Gasteiger partial charge in [0.15, 0.2) is 0 Å². The highest BCUT2D eigenvalue weighted by Gasteiger charge is 2.20. The van der Waals surface area contributed by atoms with Crippen molar-refractivity contribution >= 4 is 29.3 Å². The Morgan fingerprint density at radius 1 is 1.53 bits per heavy atom. The Hall–Kier alpha value is -1.95. The van der Waals surface area contributed by atoms with Gasteiger partial charge in [-0.25, -0.2) is 9.59 Å². The number of halogens is 1. The number of nitrogens with one attached hydrogen (secondary N) is 1. The van der Waals surface area contributed by atoms with E-state index in [2.05, 4.69) is 5.32 Å². The number of carbonyl (C=O) groups is 2. The van der Waals surface area contributed by atoms with Crippen LogP contribution in [-0.4, -0.2) is 43.1 Å². The third kappa shape index (κ3) is 3.08. The molecule has 0 spiro atoms. The summed E-state index contributed by atoms with van der Waals surface area (Å²) in [5, 5.41) is 2.92. The first-order chi connectivity index (χ1) is 9.09. The number of nitrogen functional groups attached to an aromatic ring is 1. The topological polar surface area (TPSA) is 84.7 Å². The number of amides is 2. The molecule has 1 aromatic rings. The van der Waals surface area contributed by atoms with Crippen LogP contribution in [-0.2, 0) is 4.74 Å². The van der Waals surface area contributed by atoms with Crippen molar-refractivity contribution in [1.82, 2.24) is 10.2 Å². The molecule has 0 bridgehead atoms. The molecule has 1 heterocycles. The summed E-state index contributed by atoms with van der Waals surface area (Å²) in [5.41, 5.74) is 6.11. The van der Waals surface area contributed by atoms with Gasteiger partial charge in [-0.05, 0) is 12.1 Å². The van der Waals surface area contributed by atoms with Crippen molar-refractivity contribution in [2.45, 2.75) is 0 Å². The summed E-state index contributed by atoms with van der Waals surface area (Å²) in [5.74, 6) is -0.581. The van der Waals surface area contributed by atoms with Gasteiger partial charge in [-0.2, -0.15) is 0 Å². The molecule has 1 aliphatic rings. The van der Waals surface area contributed by atoms with Crippen LogP contribution in [0, 0.1) is 0 Å². The predicted octanol–water partition coefficient (Wildman–Crippen LogP) is 1.10. The average molecular weight is 284 g/mol. The number of carbonyl (C=O) groups excluding carboxylic acids is 2. The summed E-state index contributed by atoms with van der Waals surface area (Å²) in [4.78, 5) is 24.7. The minimum Gasteiger partial charge on any atom is -0.460 e. The van der Waals surface area contributed by atoms with Gasteiger partial charge in [0.05, 0.1) is 11.6 Å². The Morgan fingerprint density at radius 3 is 2.95 bits per heavy atom. The molecule has 0 unspecified atom stereocenters. The molecule has 19 heavy (non-hydrogen) atoms. The normalized spacial score (nSPS) is 14.4. The van der Waals surface area contributed by atoms with Crippen LogP contribution < -0.4 is 11.1 Å². The molecule has 0 aliphatic carbocycles. The number of hydrogen-bond acceptors (Lipinski definition) is 4. The highest BCUT2D eigenvalue weighted by Crippen LogP contribution is 2.22. The molecule has 1 aliphatic heterocycles. The Labute approximate surface area is 115 Å². The fraction of sp³-hybridized carbons (Fsp3) is 0.333. The number of rotatable bonds is 4. The van der Waals surface area contributed by atoms with Crippen molar-refractivity contribution in [2.75, 3.05) is 32.0 Å². The average Bonchev–Trinajstić information content (AvgIpc) is 2.75. The van der Waals surface area contributed by atoms with E-state index in [9.17, 15) is 9.59 Å². The van der Waals surface area contributed by atoms with Crippen LogP contribution in [0.25, 0.3) is 0 Å². The molecular weight excluding hydrogens is 270 g/mol. The van der Waals surface area contributed by atoms with Crippen molar-refractivity contribution in [2.24, 2.45) is 0 Å². The van der Waals surface area contributed by atoms with Gasteiger partial charge < -0.3 is 20.7 Å². The number of benzene rings is 1. The monoisotopic (exact) mass is 283 g/mol. The number of nitrogens with two attached hydrogens (primary N) is 1. The molecule has 1 saturated heterocycles. The number of esters is 1. The van der Waals surface area contributed by atoms with Crippen LogP contribution in [0.1, 0.15) is 10.4 Å². The zero-order chi connectivity index (χ0) is 13.8. The Balaban J connectivity index is 1.89. The fourth-order valence-corrected chi connectivity index (χ4v) is 2.06. The quantitative estimate of drug-likeness (QED) is 0.640. The second-order valence-electron chi connectivity index (χ2n) is 4.06. The molecule has 2 rings (SSSR count). The van der Waals surface area contributed by atoms with Gasteiger partial charge in [0.1, 0.15) is 12.2 Å². The van der Waals surface area contributed by atoms with E-state index in [-0.39, 0.29) is 28.9 Å². The van der Waals surface area contributed by atoms with Crippen LogP contribution in [0.2, 0.25) is 5.02 Å². The second-order valence-corrected chi connectivity index (χ2v) is 4.47. The van der Waals surface area contributed by atoms with Crippen LogP contribution in [0.4, 0.5) is 10.5 Å². The Bertz CT molecular complexity index is 487. The molecule has 0 aromatic heterocycles. The van der Waals surface area contributed by atoms with Gasteiger partial charge in [-0.1, -0.05) is 17.7 Å². The summed E-state index contributed by atoms with van der Waals surface area (Å²) in [6.45, 7) is 1.69. The Morgan fingerprint density at radius 2 is 2.32 bits per heavy atom. The molecule has 102 valence electrons. The van der Waals surface area contributed by atoms with Crippen molar-refractivity contribution in [3.63, 3.8) is 0 Å². The molecule has 0 radical (unpaired) electrons. The van der Waals surface area contributed by atoms with Gasteiger partial charge in [-0.15, -0.1) is 0 Å². The molecule has 3 N–H and O–H groups in total. The SMILES string of the molecule is Nc1cccc(Cl)c1C(=O)OCCN1CCNC1=O. The van der Waals surface area contributed by atoms with Gasteiger partial charge in [0.25, 0.3) is 0 Å². The zero-order valence-electron chi connectivity index (χ0n) is 10.2. The van der Waals surface area contributed by atoms with Crippen LogP contribution >= 0.6 is 11.6 Å². The first kappa shape index (κ1) is 13.5. The van der Waals surface area contributed by atoms with Crippen molar-refractivity contribution < 1.29 is 14.3 Å². The molecular formula is C12H14ClN3O3. The number of ether oxygens (including phenoxy) is 1. The third-order valence-electron chi connectivity index (χ3n) is 2.79. The lowest BCUT2D eigenvalue weighted by Crippen LogP contribution is -2.31. The van der Waals surface area contributed by atoms with Crippen LogP contribution in [0.5, 0.6) is 0 Å². The lowest BCUT2D eigenvalue weighted by atomic mass is 10.2. The smallest absolute Gasteiger partial charge is 0.341 e. The largest absolute Gasteiger partial charge is 0.460 e. The zero-order valence-corrected chi connectivity index (χ0v) is 10.9. The maximum Gasteiger partial charge on any atom is 0.341 e. The molecule has 7 heteroatoms. The maximum absolute atomic E-state index is 11.8. The van der Waals surface area contributed by atoms with E-state index < -0.39 is 5.97 Å².